The van der Waals surface area contributed by atoms with Crippen LogP contribution in [-0.2, 0) is 0 Å². The number of rotatable bonds is 2. The lowest BCUT2D eigenvalue weighted by molar-refractivity contribution is 0.241. The van der Waals surface area contributed by atoms with Gasteiger partial charge in [0, 0.05) is 18.3 Å². The number of nitrogens with one attached hydrogen (secondary N) is 2. The fourth-order valence-corrected chi connectivity index (χ4v) is 2.44. The molecule has 1 unspecified atom stereocenters. The largest absolute Gasteiger partial charge is 0.358 e. The molecule has 0 saturated carbocycles. The van der Waals surface area contributed by atoms with E-state index in [1.54, 1.807) is 0 Å². The smallest absolute Gasteiger partial charge is 0.171 e. The Hall–Kier alpha value is -1.13. The first kappa shape index (κ1) is 12.3. The van der Waals surface area contributed by atoms with E-state index in [0.717, 1.165) is 17.3 Å². The summed E-state index contributed by atoms with van der Waals surface area (Å²) >= 11 is 5.31. The first-order valence-electron chi connectivity index (χ1n) is 6.05. The number of likely N-dealkylation sites (tertiary alicyclic amines) is 1. The molecule has 1 atom stereocenters. The van der Waals surface area contributed by atoms with E-state index in [1.165, 1.54) is 19.4 Å². The molecule has 3 nitrogen and oxygen atoms in total. The van der Waals surface area contributed by atoms with Crippen molar-refractivity contribution < 1.29 is 0 Å². The second kappa shape index (κ2) is 5.98. The Labute approximate surface area is 108 Å². The van der Waals surface area contributed by atoms with Crippen LogP contribution in [0.3, 0.4) is 0 Å². The molecule has 92 valence electrons. The first-order chi connectivity index (χ1) is 8.24. The molecule has 0 aromatic heterocycles. The van der Waals surface area contributed by atoms with Gasteiger partial charge in [-0.15, -0.1) is 0 Å². The third kappa shape index (κ3) is 3.98. The van der Waals surface area contributed by atoms with Gasteiger partial charge in [-0.3, -0.25) is 0 Å². The maximum absolute atomic E-state index is 5.31. The standard InChI is InChI=1S/C13H19N3S/c1-16-9-5-8-12(10-16)15-13(17)14-11-6-3-2-4-7-11/h2-4,6-7,12H,5,8-10H2,1H3,(H2,14,15,17). The highest BCUT2D eigenvalue weighted by Crippen LogP contribution is 2.09. The van der Waals surface area contributed by atoms with Gasteiger partial charge in [0.05, 0.1) is 0 Å². The molecule has 1 aliphatic heterocycles. The number of anilines is 1. The summed E-state index contributed by atoms with van der Waals surface area (Å²) < 4.78 is 0. The lowest BCUT2D eigenvalue weighted by Gasteiger charge is -2.31. The molecule has 2 rings (SSSR count). The van der Waals surface area contributed by atoms with Gasteiger partial charge in [-0.05, 0) is 50.8 Å². The van der Waals surface area contributed by atoms with Crippen LogP contribution in [0.2, 0.25) is 0 Å². The Kier molecular flexibility index (Phi) is 4.34. The zero-order chi connectivity index (χ0) is 12.1. The molecule has 1 heterocycles. The van der Waals surface area contributed by atoms with Crippen LogP contribution in [-0.4, -0.2) is 36.2 Å². The number of piperidine rings is 1. The van der Waals surface area contributed by atoms with Crippen LogP contribution >= 0.6 is 12.2 Å². The fraction of sp³-hybridized carbons (Fsp3) is 0.462. The highest BCUT2D eigenvalue weighted by atomic mass is 32.1. The van der Waals surface area contributed by atoms with E-state index in [4.69, 9.17) is 12.2 Å². The van der Waals surface area contributed by atoms with Crippen molar-refractivity contribution in [3.8, 4) is 0 Å². The molecule has 1 fully saturated rings. The van der Waals surface area contributed by atoms with Crippen molar-refractivity contribution in [2.45, 2.75) is 18.9 Å². The normalized spacial score (nSPS) is 20.9. The lowest BCUT2D eigenvalue weighted by atomic mass is 10.1. The summed E-state index contributed by atoms with van der Waals surface area (Å²) in [5, 5.41) is 7.30. The predicted molar refractivity (Wildman–Crippen MR) is 76.3 cm³/mol. The molecule has 0 radical (unpaired) electrons. The Bertz CT molecular complexity index is 366. The summed E-state index contributed by atoms with van der Waals surface area (Å²) in [6, 6.07) is 10.5. The Morgan fingerprint density at radius 3 is 2.82 bits per heavy atom. The van der Waals surface area contributed by atoms with E-state index < -0.39 is 0 Å². The van der Waals surface area contributed by atoms with Crippen LogP contribution in [0.4, 0.5) is 5.69 Å². The van der Waals surface area contributed by atoms with E-state index in [1.807, 2.05) is 30.3 Å². The second-order valence-electron chi connectivity index (χ2n) is 4.57. The van der Waals surface area contributed by atoms with Crippen molar-refractivity contribution >= 4 is 23.0 Å². The summed E-state index contributed by atoms with van der Waals surface area (Å²) in [4.78, 5) is 2.34. The van der Waals surface area contributed by atoms with Gasteiger partial charge in [0.1, 0.15) is 0 Å². The van der Waals surface area contributed by atoms with Gasteiger partial charge in [0.25, 0.3) is 0 Å². The van der Waals surface area contributed by atoms with Crippen LogP contribution in [0.15, 0.2) is 30.3 Å². The van der Waals surface area contributed by atoms with Crippen molar-refractivity contribution in [1.82, 2.24) is 10.2 Å². The Morgan fingerprint density at radius 2 is 2.12 bits per heavy atom. The van der Waals surface area contributed by atoms with Gasteiger partial charge < -0.3 is 15.5 Å². The Balaban J connectivity index is 1.81. The SMILES string of the molecule is CN1CCCC(NC(=S)Nc2ccccc2)C1. The van der Waals surface area contributed by atoms with Crippen molar-refractivity contribution in [3.63, 3.8) is 0 Å². The van der Waals surface area contributed by atoms with Gasteiger partial charge in [-0.2, -0.15) is 0 Å². The average molecular weight is 249 g/mol. The first-order valence-corrected chi connectivity index (χ1v) is 6.46. The maximum Gasteiger partial charge on any atom is 0.171 e. The summed E-state index contributed by atoms with van der Waals surface area (Å²) in [6.07, 6.45) is 2.43. The molecule has 1 aromatic rings. The molecule has 0 amide bonds. The summed E-state index contributed by atoms with van der Waals surface area (Å²) in [5.74, 6) is 0. The zero-order valence-electron chi connectivity index (χ0n) is 10.1. The highest BCUT2D eigenvalue weighted by molar-refractivity contribution is 7.80. The van der Waals surface area contributed by atoms with Crippen molar-refractivity contribution in [1.29, 1.82) is 0 Å². The third-order valence-electron chi connectivity index (χ3n) is 2.99. The molecule has 1 aromatic carbocycles. The third-order valence-corrected chi connectivity index (χ3v) is 3.21. The van der Waals surface area contributed by atoms with Gasteiger partial charge in [0.15, 0.2) is 5.11 Å². The summed E-state index contributed by atoms with van der Waals surface area (Å²) in [5.41, 5.74) is 1.04. The molecule has 1 saturated heterocycles. The lowest BCUT2D eigenvalue weighted by Crippen LogP contribution is -2.47. The zero-order valence-corrected chi connectivity index (χ0v) is 11.0. The monoisotopic (exact) mass is 249 g/mol. The molecule has 0 spiro atoms. The van der Waals surface area contributed by atoms with Crippen LogP contribution in [0.1, 0.15) is 12.8 Å². The van der Waals surface area contributed by atoms with E-state index >= 15 is 0 Å². The molecule has 2 N–H and O–H groups in total. The molecule has 0 bridgehead atoms. The highest BCUT2D eigenvalue weighted by Gasteiger charge is 2.17. The summed E-state index contributed by atoms with van der Waals surface area (Å²) in [6.45, 7) is 2.26. The second-order valence-corrected chi connectivity index (χ2v) is 4.97. The number of hydrogen-bond donors (Lipinski definition) is 2. The van der Waals surface area contributed by atoms with E-state index in [-0.39, 0.29) is 0 Å². The number of benzene rings is 1. The number of nitrogens with zero attached hydrogens (tertiary/aromatic N) is 1. The molecule has 17 heavy (non-hydrogen) atoms. The number of likely N-dealkylation sites (N-methyl/N-ethyl adjacent to an activating group) is 1. The minimum absolute atomic E-state index is 0.470. The predicted octanol–water partition coefficient (Wildman–Crippen LogP) is 2.07. The van der Waals surface area contributed by atoms with Gasteiger partial charge in [0.2, 0.25) is 0 Å². The maximum atomic E-state index is 5.31. The molecule has 0 aliphatic carbocycles. The molecular weight excluding hydrogens is 230 g/mol. The van der Waals surface area contributed by atoms with Crippen LogP contribution in [0, 0.1) is 0 Å². The van der Waals surface area contributed by atoms with E-state index in [2.05, 4.69) is 22.6 Å². The minimum Gasteiger partial charge on any atom is -0.358 e. The summed E-state index contributed by atoms with van der Waals surface area (Å²) in [7, 11) is 2.15. The van der Waals surface area contributed by atoms with Crippen molar-refractivity contribution in [2.75, 3.05) is 25.5 Å². The number of para-hydroxylation sites is 1. The van der Waals surface area contributed by atoms with Crippen LogP contribution in [0.5, 0.6) is 0 Å². The molecular formula is C13H19N3S. The van der Waals surface area contributed by atoms with Crippen LogP contribution < -0.4 is 10.6 Å². The Morgan fingerprint density at radius 1 is 1.35 bits per heavy atom. The van der Waals surface area contributed by atoms with Crippen molar-refractivity contribution in [2.24, 2.45) is 0 Å². The van der Waals surface area contributed by atoms with E-state index in [0.29, 0.717) is 6.04 Å². The van der Waals surface area contributed by atoms with Crippen LogP contribution in [0.25, 0.3) is 0 Å². The number of hydrogen-bond acceptors (Lipinski definition) is 2. The topological polar surface area (TPSA) is 27.3 Å². The van der Waals surface area contributed by atoms with Crippen molar-refractivity contribution in [3.05, 3.63) is 30.3 Å². The average Bonchev–Trinajstić information content (AvgIpc) is 2.30. The van der Waals surface area contributed by atoms with Gasteiger partial charge in [-0.25, -0.2) is 0 Å². The van der Waals surface area contributed by atoms with Gasteiger partial charge >= 0.3 is 0 Å². The quantitative estimate of drug-likeness (QED) is 0.785. The fourth-order valence-electron chi connectivity index (χ4n) is 2.16. The van der Waals surface area contributed by atoms with E-state index in [9.17, 15) is 0 Å². The number of thiocarbonyl (C=S) groups is 1. The molecule has 4 heteroatoms. The minimum atomic E-state index is 0.470. The van der Waals surface area contributed by atoms with Gasteiger partial charge in [-0.1, -0.05) is 18.2 Å². The molecule has 1 aliphatic rings.